The maximum atomic E-state index is 13.1. The van der Waals surface area contributed by atoms with Gasteiger partial charge in [0, 0.05) is 36.9 Å². The van der Waals surface area contributed by atoms with Gasteiger partial charge in [0.15, 0.2) is 5.82 Å². The number of carbonyl (C=O) groups excluding carboxylic acids is 1. The molecule has 0 aliphatic rings. The molecule has 0 unspecified atom stereocenters. The highest BCUT2D eigenvalue weighted by Gasteiger charge is 2.16. The maximum absolute atomic E-state index is 13.1. The van der Waals surface area contributed by atoms with Gasteiger partial charge in [0.25, 0.3) is 5.91 Å². The molecular formula is C20H20FN5O. The van der Waals surface area contributed by atoms with Crippen LogP contribution in [-0.4, -0.2) is 46.4 Å². The van der Waals surface area contributed by atoms with E-state index in [2.05, 4.69) is 20.3 Å². The van der Waals surface area contributed by atoms with E-state index in [-0.39, 0.29) is 17.8 Å². The van der Waals surface area contributed by atoms with Gasteiger partial charge in [-0.15, -0.1) is 0 Å². The Kier molecular flexibility index (Phi) is 5.83. The molecule has 1 N–H and O–H groups in total. The minimum absolute atomic E-state index is 0.0786. The summed E-state index contributed by atoms with van der Waals surface area (Å²) in [4.78, 5) is 26.9. The number of halogens is 1. The summed E-state index contributed by atoms with van der Waals surface area (Å²) in [6.07, 6.45) is 6.33. The first kappa shape index (κ1) is 18.6. The molecule has 0 spiro atoms. The average molecular weight is 365 g/mol. The van der Waals surface area contributed by atoms with Gasteiger partial charge in [-0.3, -0.25) is 9.78 Å². The number of rotatable bonds is 6. The normalized spacial score (nSPS) is 12.0. The number of nitrogens with zero attached hydrogens (tertiary/aromatic N) is 4. The van der Waals surface area contributed by atoms with E-state index in [1.165, 1.54) is 24.5 Å². The van der Waals surface area contributed by atoms with E-state index in [1.54, 1.807) is 30.6 Å². The zero-order valence-electron chi connectivity index (χ0n) is 15.1. The molecule has 0 saturated carbocycles. The van der Waals surface area contributed by atoms with Crippen molar-refractivity contribution in [1.82, 2.24) is 25.2 Å². The Morgan fingerprint density at radius 1 is 1.11 bits per heavy atom. The first-order valence-electron chi connectivity index (χ1n) is 8.47. The third kappa shape index (κ3) is 4.71. The highest BCUT2D eigenvalue weighted by atomic mass is 19.1. The van der Waals surface area contributed by atoms with Gasteiger partial charge in [-0.1, -0.05) is 12.1 Å². The zero-order valence-corrected chi connectivity index (χ0v) is 15.1. The number of nitrogens with one attached hydrogen (secondary N) is 1. The fourth-order valence-corrected chi connectivity index (χ4v) is 2.66. The molecular weight excluding hydrogens is 345 g/mol. The number of carbonyl (C=O) groups is 1. The lowest BCUT2D eigenvalue weighted by molar-refractivity contribution is 0.0941. The van der Waals surface area contributed by atoms with Gasteiger partial charge in [0.1, 0.15) is 5.82 Å². The van der Waals surface area contributed by atoms with Crippen LogP contribution >= 0.6 is 0 Å². The van der Waals surface area contributed by atoms with Crippen LogP contribution in [0.25, 0.3) is 11.4 Å². The molecule has 0 saturated heterocycles. The van der Waals surface area contributed by atoms with Crippen molar-refractivity contribution in [3.63, 3.8) is 0 Å². The largest absolute Gasteiger partial charge is 0.350 e. The second-order valence-electron chi connectivity index (χ2n) is 6.28. The number of hydrogen-bond donors (Lipinski definition) is 1. The smallest absolute Gasteiger partial charge is 0.254 e. The van der Waals surface area contributed by atoms with Crippen molar-refractivity contribution in [2.24, 2.45) is 0 Å². The van der Waals surface area contributed by atoms with Crippen LogP contribution in [0.3, 0.4) is 0 Å². The van der Waals surface area contributed by atoms with E-state index in [0.717, 1.165) is 11.1 Å². The molecule has 0 aliphatic carbocycles. The minimum Gasteiger partial charge on any atom is -0.350 e. The highest BCUT2D eigenvalue weighted by molar-refractivity contribution is 5.93. The Labute approximate surface area is 157 Å². The fourth-order valence-electron chi connectivity index (χ4n) is 2.66. The molecule has 138 valence electrons. The first-order chi connectivity index (χ1) is 13.0. The minimum atomic E-state index is -0.286. The molecule has 7 heteroatoms. The van der Waals surface area contributed by atoms with Crippen LogP contribution in [0.5, 0.6) is 0 Å². The van der Waals surface area contributed by atoms with Crippen molar-refractivity contribution >= 4 is 5.91 Å². The monoisotopic (exact) mass is 365 g/mol. The van der Waals surface area contributed by atoms with E-state index in [4.69, 9.17) is 0 Å². The Balaban J connectivity index is 1.66. The van der Waals surface area contributed by atoms with Gasteiger partial charge >= 0.3 is 0 Å². The SMILES string of the molecule is CN(C)[C@@H](CNC(=O)c1cnc(-c2cccnc2)nc1)c1ccc(F)cc1. The van der Waals surface area contributed by atoms with Gasteiger partial charge in [-0.2, -0.15) is 0 Å². The predicted octanol–water partition coefficient (Wildman–Crippen LogP) is 2.71. The molecule has 3 rings (SSSR count). The summed E-state index contributed by atoms with van der Waals surface area (Å²) >= 11 is 0. The molecule has 0 fully saturated rings. The van der Waals surface area contributed by atoms with Crippen LogP contribution in [0.4, 0.5) is 4.39 Å². The number of likely N-dealkylation sites (N-methyl/N-ethyl adjacent to an activating group) is 1. The van der Waals surface area contributed by atoms with Gasteiger partial charge in [0.2, 0.25) is 0 Å². The molecule has 1 aromatic carbocycles. The number of amides is 1. The summed E-state index contributed by atoms with van der Waals surface area (Å²) in [5.74, 6) is -0.0371. The molecule has 2 aromatic heterocycles. The Hall–Kier alpha value is -3.19. The zero-order chi connectivity index (χ0) is 19.2. The van der Waals surface area contributed by atoms with Gasteiger partial charge in [-0.05, 0) is 43.9 Å². The predicted molar refractivity (Wildman–Crippen MR) is 100 cm³/mol. The van der Waals surface area contributed by atoms with Crippen LogP contribution in [-0.2, 0) is 0 Å². The lowest BCUT2D eigenvalue weighted by atomic mass is 10.1. The molecule has 0 aliphatic heterocycles. The summed E-state index contributed by atoms with van der Waals surface area (Å²) in [6.45, 7) is 0.377. The van der Waals surface area contributed by atoms with E-state index in [0.29, 0.717) is 17.9 Å². The van der Waals surface area contributed by atoms with Crippen LogP contribution < -0.4 is 5.32 Å². The Bertz CT molecular complexity index is 883. The molecule has 27 heavy (non-hydrogen) atoms. The third-order valence-corrected chi connectivity index (χ3v) is 4.17. The molecule has 6 nitrogen and oxygen atoms in total. The Morgan fingerprint density at radius 2 is 1.81 bits per heavy atom. The summed E-state index contributed by atoms with van der Waals surface area (Å²) in [7, 11) is 3.82. The molecule has 1 atom stereocenters. The van der Waals surface area contributed by atoms with Crippen molar-refractivity contribution in [2.75, 3.05) is 20.6 Å². The molecule has 0 radical (unpaired) electrons. The Morgan fingerprint density at radius 3 is 2.41 bits per heavy atom. The fraction of sp³-hybridized carbons (Fsp3) is 0.200. The maximum Gasteiger partial charge on any atom is 0.254 e. The lowest BCUT2D eigenvalue weighted by Gasteiger charge is -2.25. The van der Waals surface area contributed by atoms with E-state index < -0.39 is 0 Å². The number of hydrogen-bond acceptors (Lipinski definition) is 5. The highest BCUT2D eigenvalue weighted by Crippen LogP contribution is 2.18. The average Bonchev–Trinajstić information content (AvgIpc) is 2.70. The lowest BCUT2D eigenvalue weighted by Crippen LogP contribution is -2.34. The van der Waals surface area contributed by atoms with Crippen LogP contribution in [0.15, 0.2) is 61.2 Å². The van der Waals surface area contributed by atoms with E-state index in [9.17, 15) is 9.18 Å². The molecule has 2 heterocycles. The van der Waals surface area contributed by atoms with Gasteiger partial charge < -0.3 is 10.2 Å². The van der Waals surface area contributed by atoms with Crippen molar-refractivity contribution in [3.05, 3.63) is 78.1 Å². The third-order valence-electron chi connectivity index (χ3n) is 4.17. The first-order valence-corrected chi connectivity index (χ1v) is 8.47. The number of aromatic nitrogens is 3. The summed E-state index contributed by atoms with van der Waals surface area (Å²) in [5.41, 5.74) is 2.08. The molecule has 3 aromatic rings. The standard InChI is InChI=1S/C20H20FN5O/c1-26(2)18(14-5-7-17(21)8-6-14)13-25-20(27)16-11-23-19(24-12-16)15-4-3-9-22-10-15/h3-12,18H,13H2,1-2H3,(H,25,27)/t18-/m0/s1. The summed E-state index contributed by atoms with van der Waals surface area (Å²) in [5, 5.41) is 2.89. The number of pyridine rings is 1. The molecule has 0 bridgehead atoms. The van der Waals surface area contributed by atoms with Crippen molar-refractivity contribution in [1.29, 1.82) is 0 Å². The molecule has 1 amide bonds. The van der Waals surface area contributed by atoms with Crippen molar-refractivity contribution in [3.8, 4) is 11.4 Å². The van der Waals surface area contributed by atoms with Gasteiger partial charge in [0.05, 0.1) is 11.6 Å². The van der Waals surface area contributed by atoms with Crippen molar-refractivity contribution < 1.29 is 9.18 Å². The van der Waals surface area contributed by atoms with E-state index >= 15 is 0 Å². The summed E-state index contributed by atoms with van der Waals surface area (Å²) < 4.78 is 13.1. The quantitative estimate of drug-likeness (QED) is 0.727. The summed E-state index contributed by atoms with van der Waals surface area (Å²) in [6, 6.07) is 9.85. The van der Waals surface area contributed by atoms with Crippen LogP contribution in [0.2, 0.25) is 0 Å². The van der Waals surface area contributed by atoms with Gasteiger partial charge in [-0.25, -0.2) is 14.4 Å². The van der Waals surface area contributed by atoms with Crippen LogP contribution in [0.1, 0.15) is 22.0 Å². The van der Waals surface area contributed by atoms with Crippen LogP contribution in [0, 0.1) is 5.82 Å². The number of benzene rings is 1. The second-order valence-corrected chi connectivity index (χ2v) is 6.28. The van der Waals surface area contributed by atoms with E-state index in [1.807, 2.05) is 25.1 Å². The van der Waals surface area contributed by atoms with Crippen molar-refractivity contribution in [2.45, 2.75) is 6.04 Å². The second kappa shape index (κ2) is 8.46. The topological polar surface area (TPSA) is 71.0 Å².